The topological polar surface area (TPSA) is 131 Å². The number of benzene rings is 1. The summed E-state index contributed by atoms with van der Waals surface area (Å²) in [6.45, 7) is 10.6. The fourth-order valence-corrected chi connectivity index (χ4v) is 11.7. The largest absolute Gasteiger partial charge is 0.396 e. The summed E-state index contributed by atoms with van der Waals surface area (Å²) in [5.74, 6) is 0.202. The summed E-state index contributed by atoms with van der Waals surface area (Å²) in [4.78, 5) is 12.1. The number of aliphatic hydroxyl groups excluding tert-OH is 3. The third kappa shape index (κ3) is 10.4. The van der Waals surface area contributed by atoms with Crippen molar-refractivity contribution < 1.29 is 30.0 Å². The molecule has 3 fully saturated rings. The Morgan fingerprint density at radius 2 is 1.88 bits per heavy atom. The number of methoxy groups -OCH3 is 1. The predicted octanol–water partition coefficient (Wildman–Crippen LogP) is 7.51. The van der Waals surface area contributed by atoms with Gasteiger partial charge in [0.2, 0.25) is 0 Å². The highest BCUT2D eigenvalue weighted by Gasteiger charge is 2.65. The standard InChI is InChI=1S/C50H76N2O6/c1-36-19-20-41(31-39-13-10-14-40(30-39)32-48(52-33-36,26-29-58-5)43-16-7-6-8-17-43)37(2)12-9-15-42(35-55)45-22-24-50(47(45)56)46(18-11-28-53)44(38(3)34-54)21-23-49(50,57)25-27-51-4/h9-10,12-15,19,30,34,41,43,45-47,51-53,55-57H,2,6-8,11,16-18,20-29,31-33,35H2,1,3-5H3/t41-,45-,46?,47-,48-,49+,50-/m1/s1. The maximum Gasteiger partial charge on any atom is 0.145 e. The van der Waals surface area contributed by atoms with Crippen molar-refractivity contribution in [2.45, 2.75) is 134 Å². The van der Waals surface area contributed by atoms with Crippen LogP contribution in [-0.2, 0) is 22.4 Å². The molecule has 8 nitrogen and oxygen atoms in total. The molecule has 1 aromatic rings. The SMILES string of the molecule is C=C(C=CC=C(CO)[C@H]1CC[C@@]2(C(CCCO)C(=C(C)C=O)CC[C@]2(O)CCNC)[C@@H]1O)[C@@H]1CC=C(C)CN[C@@](CCOC)(C2CCCCC2)Cc2cccc(c2)C1. The van der Waals surface area contributed by atoms with Crippen molar-refractivity contribution in [1.82, 2.24) is 10.6 Å². The van der Waals surface area contributed by atoms with Crippen molar-refractivity contribution in [3.8, 4) is 0 Å². The molecule has 6 N–H and O–H groups in total. The van der Waals surface area contributed by atoms with Crippen LogP contribution in [0.15, 0.2) is 83.0 Å². The molecule has 4 aliphatic rings. The highest BCUT2D eigenvalue weighted by Crippen LogP contribution is 2.64. The lowest BCUT2D eigenvalue weighted by Gasteiger charge is -2.57. The zero-order chi connectivity index (χ0) is 41.8. The average Bonchev–Trinajstić information content (AvgIpc) is 3.58. The Bertz CT molecular complexity index is 1640. The molecule has 1 unspecified atom stereocenters. The van der Waals surface area contributed by atoms with E-state index >= 15 is 0 Å². The van der Waals surface area contributed by atoms with Gasteiger partial charge < -0.3 is 35.8 Å². The molecule has 0 radical (unpaired) electrons. The van der Waals surface area contributed by atoms with Gasteiger partial charge in [-0.2, -0.15) is 0 Å². The minimum atomic E-state index is -1.17. The van der Waals surface area contributed by atoms with E-state index in [-0.39, 0.29) is 36.5 Å². The summed E-state index contributed by atoms with van der Waals surface area (Å²) >= 11 is 0. The number of fused-ring (bicyclic) bond motifs is 2. The minimum Gasteiger partial charge on any atom is -0.396 e. The number of aldehydes is 1. The summed E-state index contributed by atoms with van der Waals surface area (Å²) in [7, 11) is 3.68. The number of aliphatic hydroxyl groups is 4. The normalized spacial score (nSPS) is 32.5. The van der Waals surface area contributed by atoms with E-state index in [1.54, 1.807) is 0 Å². The van der Waals surface area contributed by atoms with Crippen LogP contribution in [0.25, 0.3) is 0 Å². The second-order valence-electron chi connectivity index (χ2n) is 18.4. The Labute approximate surface area is 350 Å². The minimum absolute atomic E-state index is 0.000380. The van der Waals surface area contributed by atoms with Crippen molar-refractivity contribution in [1.29, 1.82) is 0 Å². The van der Waals surface area contributed by atoms with Crippen LogP contribution < -0.4 is 10.6 Å². The van der Waals surface area contributed by atoms with Gasteiger partial charge >= 0.3 is 0 Å². The Morgan fingerprint density at radius 3 is 2.59 bits per heavy atom. The Balaban J connectivity index is 1.39. The molecule has 0 aromatic heterocycles. The number of hydrogen-bond acceptors (Lipinski definition) is 8. The van der Waals surface area contributed by atoms with Gasteiger partial charge in [0.1, 0.15) is 6.29 Å². The van der Waals surface area contributed by atoms with E-state index < -0.39 is 17.1 Å². The van der Waals surface area contributed by atoms with Crippen molar-refractivity contribution in [3.63, 3.8) is 0 Å². The summed E-state index contributed by atoms with van der Waals surface area (Å²) < 4.78 is 5.69. The van der Waals surface area contributed by atoms with E-state index in [0.717, 1.165) is 61.8 Å². The average molecular weight is 801 g/mol. The second kappa shape index (κ2) is 21.7. The molecule has 1 aromatic carbocycles. The van der Waals surface area contributed by atoms with Crippen molar-refractivity contribution in [2.24, 2.45) is 29.1 Å². The van der Waals surface area contributed by atoms with Crippen LogP contribution in [0.4, 0.5) is 0 Å². The Kier molecular flexibility index (Phi) is 17.4. The molecule has 1 spiro atoms. The number of hydrogen-bond donors (Lipinski definition) is 6. The van der Waals surface area contributed by atoms with Crippen molar-refractivity contribution in [3.05, 3.63) is 94.1 Å². The smallest absolute Gasteiger partial charge is 0.145 e. The molecule has 0 saturated heterocycles. The molecular weight excluding hydrogens is 725 g/mol. The van der Waals surface area contributed by atoms with E-state index in [0.29, 0.717) is 63.0 Å². The predicted molar refractivity (Wildman–Crippen MR) is 235 cm³/mol. The molecule has 5 rings (SSSR count). The van der Waals surface area contributed by atoms with Gasteiger partial charge in [0, 0.05) is 43.7 Å². The van der Waals surface area contributed by atoms with Gasteiger partial charge in [-0.05, 0) is 151 Å². The molecule has 0 amide bonds. The van der Waals surface area contributed by atoms with Gasteiger partial charge in [-0.15, -0.1) is 0 Å². The number of carbonyl (C=O) groups is 1. The molecule has 1 heterocycles. The summed E-state index contributed by atoms with van der Waals surface area (Å²) in [6.07, 6.45) is 22.3. The number of ether oxygens (including phenoxy) is 1. The molecule has 322 valence electrons. The van der Waals surface area contributed by atoms with Crippen LogP contribution in [0.3, 0.4) is 0 Å². The lowest BCUT2D eigenvalue weighted by atomic mass is 9.51. The van der Waals surface area contributed by atoms with E-state index in [9.17, 15) is 25.2 Å². The van der Waals surface area contributed by atoms with E-state index in [1.807, 2.05) is 33.2 Å². The van der Waals surface area contributed by atoms with Crippen LogP contribution >= 0.6 is 0 Å². The number of rotatable bonds is 16. The number of nitrogens with one attached hydrogen (secondary N) is 2. The van der Waals surface area contributed by atoms with Gasteiger partial charge in [0.25, 0.3) is 0 Å². The highest BCUT2D eigenvalue weighted by molar-refractivity contribution is 5.74. The zero-order valence-electron chi connectivity index (χ0n) is 36.2. The molecule has 58 heavy (non-hydrogen) atoms. The van der Waals surface area contributed by atoms with Crippen LogP contribution in [0, 0.1) is 29.1 Å². The van der Waals surface area contributed by atoms with E-state index in [1.165, 1.54) is 48.8 Å². The van der Waals surface area contributed by atoms with Gasteiger partial charge in [0.05, 0.1) is 18.3 Å². The van der Waals surface area contributed by atoms with E-state index in [2.05, 4.69) is 60.6 Å². The molecule has 3 saturated carbocycles. The Morgan fingerprint density at radius 1 is 1.10 bits per heavy atom. The first-order valence-corrected chi connectivity index (χ1v) is 22.5. The number of carbonyl (C=O) groups excluding carboxylic acids is 1. The van der Waals surface area contributed by atoms with E-state index in [4.69, 9.17) is 4.74 Å². The van der Waals surface area contributed by atoms with Crippen LogP contribution in [-0.4, -0.2) is 91.0 Å². The third-order valence-corrected chi connectivity index (χ3v) is 15.0. The van der Waals surface area contributed by atoms with Crippen molar-refractivity contribution in [2.75, 3.05) is 47.1 Å². The molecule has 8 heteroatoms. The Hall–Kier alpha value is -2.69. The fourth-order valence-electron chi connectivity index (χ4n) is 11.7. The molecule has 7 atom stereocenters. The van der Waals surface area contributed by atoms with Crippen molar-refractivity contribution >= 4 is 6.29 Å². The second-order valence-corrected chi connectivity index (χ2v) is 18.4. The fraction of sp³-hybridized carbons (Fsp3) is 0.660. The molecule has 3 aliphatic carbocycles. The monoisotopic (exact) mass is 801 g/mol. The van der Waals surface area contributed by atoms with Gasteiger partial charge in [-0.25, -0.2) is 0 Å². The molecule has 2 bridgehead atoms. The number of allylic oxidation sites excluding steroid dienone is 7. The lowest BCUT2D eigenvalue weighted by molar-refractivity contribution is -0.180. The maximum atomic E-state index is 12.5. The first-order chi connectivity index (χ1) is 28.0. The third-order valence-electron chi connectivity index (χ3n) is 15.0. The van der Waals surface area contributed by atoms with Crippen LogP contribution in [0.1, 0.15) is 115 Å². The summed E-state index contributed by atoms with van der Waals surface area (Å²) in [6, 6.07) is 9.16. The van der Waals surface area contributed by atoms with Crippen LogP contribution in [0.5, 0.6) is 0 Å². The van der Waals surface area contributed by atoms with Gasteiger partial charge in [0.15, 0.2) is 0 Å². The maximum absolute atomic E-state index is 12.5. The zero-order valence-corrected chi connectivity index (χ0v) is 36.2. The van der Waals surface area contributed by atoms with Gasteiger partial charge in [-0.1, -0.05) is 91.1 Å². The van der Waals surface area contributed by atoms with Gasteiger partial charge in [-0.3, -0.25) is 4.79 Å². The summed E-state index contributed by atoms with van der Waals surface area (Å²) in [5.41, 5.74) is 5.32. The quantitative estimate of drug-likeness (QED) is 0.0439. The molecular formula is C50H76N2O6. The first-order valence-electron chi connectivity index (χ1n) is 22.5. The summed E-state index contributed by atoms with van der Waals surface area (Å²) in [5, 5.41) is 53.0. The lowest BCUT2D eigenvalue weighted by Crippen LogP contribution is -2.61. The van der Waals surface area contributed by atoms with Crippen LogP contribution in [0.2, 0.25) is 0 Å². The highest BCUT2D eigenvalue weighted by atomic mass is 16.5. The molecule has 1 aliphatic heterocycles. The first kappa shape index (κ1) is 46.4.